The summed E-state index contributed by atoms with van der Waals surface area (Å²) >= 11 is 1.01. The minimum absolute atomic E-state index is 0.0673. The molecule has 1 atom stereocenters. The van der Waals surface area contributed by atoms with Crippen molar-refractivity contribution < 1.29 is 18.3 Å². The molecule has 21 heavy (non-hydrogen) atoms. The van der Waals surface area contributed by atoms with Crippen LogP contribution in [0.4, 0.5) is 0 Å². The number of sulfonamides is 1. The van der Waals surface area contributed by atoms with Gasteiger partial charge in [0.15, 0.2) is 0 Å². The third kappa shape index (κ3) is 3.14. The number of carboxylic acids is 1. The van der Waals surface area contributed by atoms with Crippen LogP contribution in [0.5, 0.6) is 0 Å². The molecular weight excluding hydrogens is 310 g/mol. The highest BCUT2D eigenvalue weighted by Gasteiger charge is 2.38. The van der Waals surface area contributed by atoms with Crippen LogP contribution in [0.15, 0.2) is 11.0 Å². The lowest BCUT2D eigenvalue weighted by Crippen LogP contribution is -2.31. The van der Waals surface area contributed by atoms with Crippen LogP contribution in [0.1, 0.15) is 41.7 Å². The summed E-state index contributed by atoms with van der Waals surface area (Å²) in [6, 6.07) is 1.28. The lowest BCUT2D eigenvalue weighted by atomic mass is 9.80. The Labute approximate surface area is 129 Å². The van der Waals surface area contributed by atoms with E-state index in [1.165, 1.54) is 10.4 Å². The Kier molecular flexibility index (Phi) is 4.21. The SMILES string of the molecule is Cc1sc(C(=O)O)cc1S(=O)(=O)N1CCC(C(C)(C)C)C1. The van der Waals surface area contributed by atoms with Gasteiger partial charge in [-0.15, -0.1) is 11.3 Å². The van der Waals surface area contributed by atoms with Crippen LogP contribution in [0, 0.1) is 18.3 Å². The topological polar surface area (TPSA) is 74.7 Å². The fourth-order valence-electron chi connectivity index (χ4n) is 2.62. The molecule has 0 saturated carbocycles. The maximum Gasteiger partial charge on any atom is 0.345 e. The maximum atomic E-state index is 12.7. The molecule has 1 unspecified atom stereocenters. The Hall–Kier alpha value is -0.920. The number of carboxylic acid groups (broad SMARTS) is 1. The molecule has 7 heteroatoms. The second-order valence-electron chi connectivity index (χ2n) is 6.55. The molecule has 1 aliphatic heterocycles. The third-order valence-electron chi connectivity index (χ3n) is 4.08. The summed E-state index contributed by atoms with van der Waals surface area (Å²) in [4.78, 5) is 11.7. The minimum atomic E-state index is -3.59. The largest absolute Gasteiger partial charge is 0.477 e. The summed E-state index contributed by atoms with van der Waals surface area (Å²) in [5.74, 6) is -0.760. The van der Waals surface area contributed by atoms with Gasteiger partial charge in [-0.2, -0.15) is 4.31 Å². The van der Waals surface area contributed by atoms with Crippen LogP contribution in [-0.2, 0) is 10.0 Å². The van der Waals surface area contributed by atoms with E-state index in [9.17, 15) is 13.2 Å². The van der Waals surface area contributed by atoms with Gasteiger partial charge in [0, 0.05) is 18.0 Å². The second-order valence-corrected chi connectivity index (χ2v) is 9.71. The molecule has 0 radical (unpaired) electrons. The normalized spacial score (nSPS) is 20.9. The van der Waals surface area contributed by atoms with Gasteiger partial charge in [-0.1, -0.05) is 20.8 Å². The van der Waals surface area contributed by atoms with Gasteiger partial charge in [-0.05, 0) is 30.7 Å². The van der Waals surface area contributed by atoms with Gasteiger partial charge in [0.25, 0.3) is 0 Å². The number of carbonyl (C=O) groups is 1. The number of aryl methyl sites for hydroxylation is 1. The number of hydrogen-bond donors (Lipinski definition) is 1. The fraction of sp³-hybridized carbons (Fsp3) is 0.643. The van der Waals surface area contributed by atoms with Gasteiger partial charge in [0.1, 0.15) is 4.88 Å². The highest BCUT2D eigenvalue weighted by Crippen LogP contribution is 2.37. The molecule has 5 nitrogen and oxygen atoms in total. The molecule has 1 N–H and O–H groups in total. The molecular formula is C14H21NO4S2. The van der Waals surface area contributed by atoms with E-state index in [2.05, 4.69) is 20.8 Å². The van der Waals surface area contributed by atoms with Crippen LogP contribution < -0.4 is 0 Å². The van der Waals surface area contributed by atoms with Crippen LogP contribution in [-0.4, -0.2) is 36.9 Å². The molecule has 0 spiro atoms. The van der Waals surface area contributed by atoms with Crippen molar-refractivity contribution in [1.29, 1.82) is 0 Å². The smallest absolute Gasteiger partial charge is 0.345 e. The molecule has 1 aliphatic rings. The minimum Gasteiger partial charge on any atom is -0.477 e. The molecule has 118 valence electrons. The van der Waals surface area contributed by atoms with Crippen LogP contribution >= 0.6 is 11.3 Å². The van der Waals surface area contributed by atoms with E-state index >= 15 is 0 Å². The van der Waals surface area contributed by atoms with E-state index in [0.29, 0.717) is 23.9 Å². The Bertz CT molecular complexity index is 655. The number of nitrogens with zero attached hydrogens (tertiary/aromatic N) is 1. The monoisotopic (exact) mass is 331 g/mol. The molecule has 1 aromatic heterocycles. The van der Waals surface area contributed by atoms with E-state index < -0.39 is 16.0 Å². The van der Waals surface area contributed by atoms with Crippen molar-refractivity contribution in [3.63, 3.8) is 0 Å². The fourth-order valence-corrected chi connectivity index (χ4v) is 5.52. The van der Waals surface area contributed by atoms with Gasteiger partial charge in [-0.25, -0.2) is 13.2 Å². The first-order valence-corrected chi connectivity index (χ1v) is 9.13. The maximum absolute atomic E-state index is 12.7. The summed E-state index contributed by atoms with van der Waals surface area (Å²) in [7, 11) is -3.59. The average molecular weight is 331 g/mol. The van der Waals surface area contributed by atoms with Crippen LogP contribution in [0.2, 0.25) is 0 Å². The summed E-state index contributed by atoms with van der Waals surface area (Å²) in [5, 5.41) is 9.00. The van der Waals surface area contributed by atoms with Gasteiger partial charge in [0.05, 0.1) is 4.90 Å². The Morgan fingerprint density at radius 1 is 1.43 bits per heavy atom. The summed E-state index contributed by atoms with van der Waals surface area (Å²) in [5.41, 5.74) is 0.0696. The molecule has 2 rings (SSSR count). The van der Waals surface area contributed by atoms with Crippen molar-refractivity contribution in [2.75, 3.05) is 13.1 Å². The first kappa shape index (κ1) is 16.5. The van der Waals surface area contributed by atoms with Gasteiger partial charge >= 0.3 is 5.97 Å². The number of aromatic carboxylic acids is 1. The van der Waals surface area contributed by atoms with E-state index in [4.69, 9.17) is 5.11 Å². The standard InChI is InChI=1S/C14H21NO4S2/c1-9-12(7-11(20-9)13(16)17)21(18,19)15-6-5-10(8-15)14(2,3)4/h7,10H,5-6,8H2,1-4H3,(H,16,17). The predicted molar refractivity (Wildman–Crippen MR) is 82.3 cm³/mol. The summed E-state index contributed by atoms with van der Waals surface area (Å²) in [6.07, 6.45) is 0.845. The van der Waals surface area contributed by atoms with Gasteiger partial charge in [0.2, 0.25) is 10.0 Å². The lowest BCUT2D eigenvalue weighted by molar-refractivity contribution is 0.0702. The molecule has 1 saturated heterocycles. The molecule has 0 amide bonds. The number of thiophene rings is 1. The molecule has 0 bridgehead atoms. The quantitative estimate of drug-likeness (QED) is 0.924. The van der Waals surface area contributed by atoms with Crippen molar-refractivity contribution in [1.82, 2.24) is 4.31 Å². The molecule has 2 heterocycles. The Morgan fingerprint density at radius 3 is 2.48 bits per heavy atom. The molecule has 0 aliphatic carbocycles. The number of rotatable bonds is 3. The molecule has 1 aromatic rings. The van der Waals surface area contributed by atoms with Crippen molar-refractivity contribution in [2.45, 2.75) is 39.0 Å². The summed E-state index contributed by atoms with van der Waals surface area (Å²) < 4.78 is 26.9. The Balaban J connectivity index is 2.30. The van der Waals surface area contributed by atoms with Crippen molar-refractivity contribution >= 4 is 27.3 Å². The zero-order valence-electron chi connectivity index (χ0n) is 12.7. The number of hydrogen-bond acceptors (Lipinski definition) is 4. The lowest BCUT2D eigenvalue weighted by Gasteiger charge is -2.26. The van der Waals surface area contributed by atoms with Crippen molar-refractivity contribution in [2.24, 2.45) is 11.3 Å². The first-order chi connectivity index (χ1) is 9.53. The summed E-state index contributed by atoms with van der Waals surface area (Å²) in [6.45, 7) is 9.01. The molecule has 0 aromatic carbocycles. The zero-order valence-corrected chi connectivity index (χ0v) is 14.3. The van der Waals surface area contributed by atoms with Crippen LogP contribution in [0.25, 0.3) is 0 Å². The van der Waals surface area contributed by atoms with Gasteiger partial charge in [-0.3, -0.25) is 0 Å². The highest BCUT2D eigenvalue weighted by atomic mass is 32.2. The van der Waals surface area contributed by atoms with Gasteiger partial charge < -0.3 is 5.11 Å². The van der Waals surface area contributed by atoms with E-state index in [0.717, 1.165) is 17.8 Å². The zero-order chi connectivity index (χ0) is 16.0. The van der Waals surface area contributed by atoms with E-state index in [1.54, 1.807) is 6.92 Å². The van der Waals surface area contributed by atoms with Crippen LogP contribution in [0.3, 0.4) is 0 Å². The predicted octanol–water partition coefficient (Wildman–Crippen LogP) is 2.81. The van der Waals surface area contributed by atoms with Crippen molar-refractivity contribution in [3.8, 4) is 0 Å². The highest BCUT2D eigenvalue weighted by molar-refractivity contribution is 7.89. The third-order valence-corrected chi connectivity index (χ3v) is 7.24. The average Bonchev–Trinajstić information content (AvgIpc) is 2.93. The van der Waals surface area contributed by atoms with E-state index in [1.807, 2.05) is 0 Å². The molecule has 1 fully saturated rings. The van der Waals surface area contributed by atoms with E-state index in [-0.39, 0.29) is 15.2 Å². The second kappa shape index (κ2) is 5.37. The first-order valence-electron chi connectivity index (χ1n) is 6.87. The Morgan fingerprint density at radius 2 is 2.05 bits per heavy atom. The van der Waals surface area contributed by atoms with Crippen molar-refractivity contribution in [3.05, 3.63) is 15.8 Å².